The van der Waals surface area contributed by atoms with E-state index in [1.807, 2.05) is 45.0 Å². The summed E-state index contributed by atoms with van der Waals surface area (Å²) in [4.78, 5) is 28.5. The van der Waals surface area contributed by atoms with E-state index in [0.717, 1.165) is 19.9 Å². The zero-order valence-corrected chi connectivity index (χ0v) is 24.5. The molecule has 0 heterocycles. The number of anilines is 1. The third-order valence-corrected chi connectivity index (χ3v) is 8.50. The van der Waals surface area contributed by atoms with Crippen LogP contribution in [0.25, 0.3) is 0 Å². The average molecular weight is 601 g/mol. The average Bonchev–Trinajstić information content (AvgIpc) is 2.90. The number of nitrogens with zero attached hydrogens (tertiary/aromatic N) is 2. The van der Waals surface area contributed by atoms with Crippen LogP contribution in [0.5, 0.6) is 0 Å². The molecule has 0 aliphatic heterocycles. The molecule has 3 aromatic carbocycles. The zero-order valence-electron chi connectivity index (χ0n) is 22.1. The second-order valence-electron chi connectivity index (χ2n) is 9.56. The van der Waals surface area contributed by atoms with E-state index in [-0.39, 0.29) is 23.3 Å². The van der Waals surface area contributed by atoms with Crippen LogP contribution in [0, 0.1) is 12.8 Å². The van der Waals surface area contributed by atoms with Gasteiger partial charge in [-0.3, -0.25) is 13.9 Å². The lowest BCUT2D eigenvalue weighted by Gasteiger charge is -2.32. The Labute approximate surface area is 234 Å². The quantitative estimate of drug-likeness (QED) is 0.330. The van der Waals surface area contributed by atoms with Crippen molar-refractivity contribution in [2.24, 2.45) is 5.92 Å². The highest BCUT2D eigenvalue weighted by Crippen LogP contribution is 2.26. The first-order valence-electron chi connectivity index (χ1n) is 12.5. The van der Waals surface area contributed by atoms with E-state index in [2.05, 4.69) is 21.2 Å². The van der Waals surface area contributed by atoms with Crippen LogP contribution < -0.4 is 9.62 Å². The molecule has 0 spiro atoms. The van der Waals surface area contributed by atoms with Crippen molar-refractivity contribution in [2.45, 2.75) is 45.2 Å². The molecule has 3 rings (SSSR count). The van der Waals surface area contributed by atoms with Gasteiger partial charge < -0.3 is 10.2 Å². The summed E-state index contributed by atoms with van der Waals surface area (Å²) in [6, 6.07) is 21.6. The van der Waals surface area contributed by atoms with Gasteiger partial charge >= 0.3 is 0 Å². The van der Waals surface area contributed by atoms with Gasteiger partial charge in [-0.05, 0) is 67.3 Å². The molecule has 3 aromatic rings. The molecule has 0 bridgehead atoms. The normalized spacial score (nSPS) is 12.2. The summed E-state index contributed by atoms with van der Waals surface area (Å²) in [6.45, 7) is 7.77. The molecule has 7 nitrogen and oxygen atoms in total. The minimum absolute atomic E-state index is 0.0731. The summed E-state index contributed by atoms with van der Waals surface area (Å²) in [6.07, 6.45) is 0. The molecule has 0 radical (unpaired) electrons. The minimum Gasteiger partial charge on any atom is -0.354 e. The van der Waals surface area contributed by atoms with Crippen LogP contribution in [0.15, 0.2) is 88.2 Å². The van der Waals surface area contributed by atoms with E-state index < -0.39 is 28.5 Å². The zero-order chi connectivity index (χ0) is 27.9. The molecule has 2 amide bonds. The Morgan fingerprint density at radius 1 is 0.895 bits per heavy atom. The van der Waals surface area contributed by atoms with Gasteiger partial charge in [0, 0.05) is 17.6 Å². The van der Waals surface area contributed by atoms with Gasteiger partial charge in [0.1, 0.15) is 12.6 Å². The van der Waals surface area contributed by atoms with Crippen LogP contribution in [-0.2, 0) is 26.2 Å². The molecule has 1 atom stereocenters. The molecule has 0 aromatic heterocycles. The van der Waals surface area contributed by atoms with Crippen LogP contribution in [0.2, 0.25) is 0 Å². The number of hydrogen-bond acceptors (Lipinski definition) is 4. The first-order valence-corrected chi connectivity index (χ1v) is 14.7. The van der Waals surface area contributed by atoms with Crippen molar-refractivity contribution in [3.63, 3.8) is 0 Å². The highest BCUT2D eigenvalue weighted by atomic mass is 79.9. The van der Waals surface area contributed by atoms with Crippen molar-refractivity contribution >= 4 is 43.5 Å². The van der Waals surface area contributed by atoms with Gasteiger partial charge in [-0.25, -0.2) is 8.42 Å². The number of carbonyl (C=O) groups excluding carboxylic acids is 2. The van der Waals surface area contributed by atoms with E-state index in [9.17, 15) is 18.0 Å². The van der Waals surface area contributed by atoms with E-state index in [1.54, 1.807) is 49.4 Å². The molecule has 9 heteroatoms. The number of hydrogen-bond donors (Lipinski definition) is 1. The van der Waals surface area contributed by atoms with Crippen LogP contribution in [0.3, 0.4) is 0 Å². The van der Waals surface area contributed by atoms with Crippen molar-refractivity contribution < 1.29 is 18.0 Å². The van der Waals surface area contributed by atoms with Crippen molar-refractivity contribution in [2.75, 3.05) is 17.4 Å². The maximum Gasteiger partial charge on any atom is 0.264 e. The number of rotatable bonds is 11. The number of benzene rings is 3. The van der Waals surface area contributed by atoms with Gasteiger partial charge in [-0.1, -0.05) is 72.2 Å². The fraction of sp³-hybridized carbons (Fsp3) is 0.310. The van der Waals surface area contributed by atoms with Crippen molar-refractivity contribution in [3.8, 4) is 0 Å². The number of nitrogens with one attached hydrogen (secondary N) is 1. The number of halogens is 1. The van der Waals surface area contributed by atoms with Crippen LogP contribution >= 0.6 is 15.9 Å². The Morgan fingerprint density at radius 2 is 1.50 bits per heavy atom. The lowest BCUT2D eigenvalue weighted by atomic mass is 10.1. The Kier molecular flexibility index (Phi) is 10.1. The molecule has 0 saturated carbocycles. The van der Waals surface area contributed by atoms with Gasteiger partial charge in [0.25, 0.3) is 10.0 Å². The number of sulfonamides is 1. The Hall–Kier alpha value is -3.17. The summed E-state index contributed by atoms with van der Waals surface area (Å²) in [5.74, 6) is -0.528. The molecule has 0 saturated heterocycles. The molecule has 0 aliphatic rings. The Bertz CT molecular complexity index is 1350. The predicted octanol–water partition coefficient (Wildman–Crippen LogP) is 5.14. The second kappa shape index (κ2) is 13.1. The third kappa shape index (κ3) is 7.45. The van der Waals surface area contributed by atoms with Crippen molar-refractivity contribution in [1.82, 2.24) is 10.2 Å². The fourth-order valence-corrected chi connectivity index (χ4v) is 5.56. The molecule has 0 unspecified atom stereocenters. The van der Waals surface area contributed by atoms with Gasteiger partial charge in [-0.2, -0.15) is 0 Å². The van der Waals surface area contributed by atoms with E-state index in [4.69, 9.17) is 0 Å². The van der Waals surface area contributed by atoms with Crippen LogP contribution in [0.4, 0.5) is 5.69 Å². The molecule has 0 aliphatic carbocycles. The maximum atomic E-state index is 13.9. The number of amides is 2. The van der Waals surface area contributed by atoms with Crippen molar-refractivity contribution in [1.29, 1.82) is 0 Å². The largest absolute Gasteiger partial charge is 0.354 e. The minimum atomic E-state index is -4.07. The summed E-state index contributed by atoms with van der Waals surface area (Å²) in [5.41, 5.74) is 2.20. The van der Waals surface area contributed by atoms with E-state index in [1.165, 1.54) is 17.0 Å². The summed E-state index contributed by atoms with van der Waals surface area (Å²) in [7, 11) is -4.07. The van der Waals surface area contributed by atoms with Crippen LogP contribution in [0.1, 0.15) is 31.9 Å². The number of carbonyl (C=O) groups is 2. The lowest BCUT2D eigenvalue weighted by molar-refractivity contribution is -0.139. The maximum absolute atomic E-state index is 13.9. The summed E-state index contributed by atoms with van der Waals surface area (Å²) in [5, 5.41) is 2.90. The molecular formula is C29H34BrN3O4S. The molecular weight excluding hydrogens is 566 g/mol. The smallest absolute Gasteiger partial charge is 0.264 e. The predicted molar refractivity (Wildman–Crippen MR) is 154 cm³/mol. The Balaban J connectivity index is 2.00. The monoisotopic (exact) mass is 599 g/mol. The summed E-state index contributed by atoms with van der Waals surface area (Å²) >= 11 is 3.38. The Morgan fingerprint density at radius 3 is 2.11 bits per heavy atom. The first kappa shape index (κ1) is 29.4. The molecule has 1 N–H and O–H groups in total. The van der Waals surface area contributed by atoms with E-state index >= 15 is 0 Å². The van der Waals surface area contributed by atoms with Gasteiger partial charge in [0.2, 0.25) is 11.8 Å². The van der Waals surface area contributed by atoms with Crippen molar-refractivity contribution in [3.05, 3.63) is 94.5 Å². The summed E-state index contributed by atoms with van der Waals surface area (Å²) < 4.78 is 29.3. The van der Waals surface area contributed by atoms with Crippen LogP contribution in [-0.4, -0.2) is 44.3 Å². The van der Waals surface area contributed by atoms with Gasteiger partial charge in [-0.15, -0.1) is 0 Å². The topological polar surface area (TPSA) is 86.8 Å². The van der Waals surface area contributed by atoms with Gasteiger partial charge in [0.05, 0.1) is 10.6 Å². The van der Waals surface area contributed by atoms with E-state index in [0.29, 0.717) is 12.2 Å². The lowest BCUT2D eigenvalue weighted by Crippen LogP contribution is -2.51. The fourth-order valence-electron chi connectivity index (χ4n) is 3.86. The highest BCUT2D eigenvalue weighted by molar-refractivity contribution is 9.10. The third-order valence-electron chi connectivity index (χ3n) is 6.18. The highest BCUT2D eigenvalue weighted by Gasteiger charge is 2.32. The molecule has 38 heavy (non-hydrogen) atoms. The SMILES string of the molecule is Cc1ccccc1CN(C(=O)CN(c1ccc(Br)cc1)S(=O)(=O)c1ccccc1)[C@H](C)C(=O)NCC(C)C. The van der Waals surface area contributed by atoms with Gasteiger partial charge in [0.15, 0.2) is 0 Å². The number of aryl methyl sites for hydroxylation is 1. The second-order valence-corrected chi connectivity index (χ2v) is 12.3. The molecule has 202 valence electrons. The first-order chi connectivity index (χ1) is 18.0. The standard InChI is InChI=1S/C29H34BrN3O4S/c1-21(2)18-31-29(35)23(4)32(19-24-11-9-8-10-22(24)3)28(34)20-33(26-16-14-25(30)15-17-26)38(36,37)27-12-6-5-7-13-27/h5-17,21,23H,18-20H2,1-4H3,(H,31,35)/t23-/m1/s1. The molecule has 0 fully saturated rings.